The average Bonchev–Trinajstić information content (AvgIpc) is 3.17. The molecule has 0 aromatic heterocycles. The summed E-state index contributed by atoms with van der Waals surface area (Å²) in [6.45, 7) is -0.107. The van der Waals surface area contributed by atoms with Gasteiger partial charge in [0.15, 0.2) is 11.5 Å². The van der Waals surface area contributed by atoms with E-state index >= 15 is 0 Å². The molecule has 0 spiro atoms. The van der Waals surface area contributed by atoms with Crippen molar-refractivity contribution in [3.63, 3.8) is 0 Å². The van der Waals surface area contributed by atoms with Crippen molar-refractivity contribution < 1.29 is 33.5 Å². The van der Waals surface area contributed by atoms with Crippen LogP contribution in [0.25, 0.3) is 6.08 Å². The molecule has 0 saturated carbocycles. The third-order valence-corrected chi connectivity index (χ3v) is 4.43. The summed E-state index contributed by atoms with van der Waals surface area (Å²) >= 11 is 0. The zero-order valence-electron chi connectivity index (χ0n) is 15.4. The minimum Gasteiger partial charge on any atom is -0.497 e. The monoisotopic (exact) mass is 411 g/mol. The molecule has 2 aromatic carbocycles. The number of ether oxygens (including phenoxy) is 3. The third-order valence-electron chi connectivity index (χ3n) is 4.43. The molecule has 1 fully saturated rings. The van der Waals surface area contributed by atoms with Gasteiger partial charge in [-0.3, -0.25) is 25.0 Å². The number of amides is 4. The first-order chi connectivity index (χ1) is 14.4. The quantitative estimate of drug-likeness (QED) is 0.349. The van der Waals surface area contributed by atoms with Crippen LogP contribution in [0.5, 0.6) is 17.2 Å². The van der Waals surface area contributed by atoms with E-state index < -0.39 is 34.0 Å². The maximum Gasteiger partial charge on any atom is 0.335 e. The summed E-state index contributed by atoms with van der Waals surface area (Å²) in [7, 11) is 1.42. The van der Waals surface area contributed by atoms with Gasteiger partial charge in [-0.05, 0) is 24.3 Å². The van der Waals surface area contributed by atoms with Gasteiger partial charge in [-0.15, -0.1) is 0 Å². The molecular formula is C19H13N3O8. The molecule has 4 rings (SSSR count). The number of nitro groups is 1. The number of nitrogens with one attached hydrogen (secondary N) is 1. The summed E-state index contributed by atoms with van der Waals surface area (Å²) in [5.41, 5.74) is -0.741. The van der Waals surface area contributed by atoms with Gasteiger partial charge < -0.3 is 14.2 Å². The number of methoxy groups -OCH3 is 1. The van der Waals surface area contributed by atoms with E-state index in [0.717, 1.165) is 17.0 Å². The minimum atomic E-state index is -0.976. The van der Waals surface area contributed by atoms with Crippen LogP contribution in [0.15, 0.2) is 42.0 Å². The van der Waals surface area contributed by atoms with E-state index in [1.165, 1.54) is 25.3 Å². The summed E-state index contributed by atoms with van der Waals surface area (Å²) in [6, 6.07) is 7.59. The van der Waals surface area contributed by atoms with Crippen LogP contribution < -0.4 is 24.4 Å². The Morgan fingerprint density at radius 3 is 2.60 bits per heavy atom. The van der Waals surface area contributed by atoms with Gasteiger partial charge in [0.1, 0.15) is 11.3 Å². The standard InChI is InChI=1S/C19H13N3O8/c1-28-12-4-2-3-11(7-12)21-18(24)13(17(23)20-19(21)25)5-10-6-15-16(30-9-29-15)8-14(10)22(26)27/h2-8H,9H2,1H3,(H,20,23,25). The molecule has 0 bridgehead atoms. The van der Waals surface area contributed by atoms with Crippen LogP contribution in [-0.2, 0) is 9.59 Å². The first kappa shape index (κ1) is 18.9. The van der Waals surface area contributed by atoms with Gasteiger partial charge in [-0.1, -0.05) is 6.07 Å². The second-order valence-electron chi connectivity index (χ2n) is 6.18. The van der Waals surface area contributed by atoms with Gasteiger partial charge in [-0.2, -0.15) is 0 Å². The molecule has 11 heteroatoms. The number of nitrogens with zero attached hydrogens (tertiary/aromatic N) is 2. The SMILES string of the molecule is COc1cccc(N2C(=O)NC(=O)C(=Cc3cc4c(cc3[N+](=O)[O-])OCO4)C2=O)c1. The minimum absolute atomic E-state index is 0.0531. The van der Waals surface area contributed by atoms with Crippen LogP contribution in [0, 0.1) is 10.1 Å². The van der Waals surface area contributed by atoms with Crippen molar-refractivity contribution in [3.05, 3.63) is 57.6 Å². The van der Waals surface area contributed by atoms with Crippen molar-refractivity contribution in [2.45, 2.75) is 0 Å². The zero-order chi connectivity index (χ0) is 21.4. The smallest absolute Gasteiger partial charge is 0.335 e. The lowest BCUT2D eigenvalue weighted by Gasteiger charge is -2.26. The normalized spacial score (nSPS) is 16.6. The average molecular weight is 411 g/mol. The van der Waals surface area contributed by atoms with Crippen molar-refractivity contribution in [2.24, 2.45) is 0 Å². The second kappa shape index (κ2) is 7.20. The molecule has 0 atom stereocenters. The Balaban J connectivity index is 1.79. The molecule has 4 amide bonds. The Morgan fingerprint density at radius 1 is 1.17 bits per heavy atom. The molecule has 152 valence electrons. The third kappa shape index (κ3) is 3.17. The summed E-state index contributed by atoms with van der Waals surface area (Å²) in [4.78, 5) is 49.1. The molecule has 2 aromatic rings. The van der Waals surface area contributed by atoms with Crippen molar-refractivity contribution in [3.8, 4) is 17.2 Å². The van der Waals surface area contributed by atoms with Crippen LogP contribution in [0.3, 0.4) is 0 Å². The van der Waals surface area contributed by atoms with Crippen molar-refractivity contribution >= 4 is 35.3 Å². The second-order valence-corrected chi connectivity index (χ2v) is 6.18. The van der Waals surface area contributed by atoms with Crippen LogP contribution in [0.1, 0.15) is 5.56 Å². The van der Waals surface area contributed by atoms with Crippen LogP contribution >= 0.6 is 0 Å². The van der Waals surface area contributed by atoms with E-state index in [9.17, 15) is 24.5 Å². The lowest BCUT2D eigenvalue weighted by atomic mass is 10.0. The highest BCUT2D eigenvalue weighted by Crippen LogP contribution is 2.39. The van der Waals surface area contributed by atoms with Crippen LogP contribution in [0.2, 0.25) is 0 Å². The Labute approximate surface area is 168 Å². The number of hydrogen-bond donors (Lipinski definition) is 1. The Hall–Kier alpha value is -4.41. The molecule has 0 aliphatic carbocycles. The van der Waals surface area contributed by atoms with Gasteiger partial charge in [0.05, 0.1) is 29.4 Å². The number of fused-ring (bicyclic) bond motifs is 1. The number of imide groups is 2. The summed E-state index contributed by atoms with van der Waals surface area (Å²) in [5, 5.41) is 13.5. The number of carbonyl (C=O) groups excluding carboxylic acids is 3. The number of nitro benzene ring substituents is 1. The fraction of sp³-hybridized carbons (Fsp3) is 0.105. The number of carbonyl (C=O) groups is 3. The van der Waals surface area contributed by atoms with Crippen LogP contribution in [-0.4, -0.2) is 36.7 Å². The predicted octanol–water partition coefficient (Wildman–Crippen LogP) is 2.00. The number of barbiturate groups is 1. The highest BCUT2D eigenvalue weighted by atomic mass is 16.7. The largest absolute Gasteiger partial charge is 0.497 e. The van der Waals surface area contributed by atoms with Gasteiger partial charge in [-0.25, -0.2) is 9.69 Å². The number of urea groups is 1. The topological polar surface area (TPSA) is 137 Å². The van der Waals surface area contributed by atoms with Crippen molar-refractivity contribution in [2.75, 3.05) is 18.8 Å². The number of benzene rings is 2. The summed E-state index contributed by atoms with van der Waals surface area (Å²) < 4.78 is 15.4. The molecule has 0 radical (unpaired) electrons. The lowest BCUT2D eigenvalue weighted by molar-refractivity contribution is -0.385. The van der Waals surface area contributed by atoms with E-state index in [-0.39, 0.29) is 29.5 Å². The zero-order valence-corrected chi connectivity index (χ0v) is 15.4. The van der Waals surface area contributed by atoms with Gasteiger partial charge in [0.2, 0.25) is 6.79 Å². The Bertz CT molecular complexity index is 1140. The number of rotatable bonds is 4. The fourth-order valence-electron chi connectivity index (χ4n) is 3.02. The lowest BCUT2D eigenvalue weighted by Crippen LogP contribution is -2.54. The maximum atomic E-state index is 13.0. The van der Waals surface area contributed by atoms with Crippen molar-refractivity contribution in [1.29, 1.82) is 0 Å². The maximum absolute atomic E-state index is 13.0. The molecule has 30 heavy (non-hydrogen) atoms. The van der Waals surface area contributed by atoms with Crippen LogP contribution in [0.4, 0.5) is 16.2 Å². The fourth-order valence-corrected chi connectivity index (χ4v) is 3.02. The van der Waals surface area contributed by atoms with E-state index in [0.29, 0.717) is 5.75 Å². The number of hydrogen-bond acceptors (Lipinski definition) is 8. The Morgan fingerprint density at radius 2 is 1.90 bits per heavy atom. The van der Waals surface area contributed by atoms with E-state index in [1.807, 2.05) is 0 Å². The first-order valence-corrected chi connectivity index (χ1v) is 8.52. The molecule has 1 saturated heterocycles. The first-order valence-electron chi connectivity index (χ1n) is 8.52. The van der Waals surface area contributed by atoms with Gasteiger partial charge in [0.25, 0.3) is 17.5 Å². The van der Waals surface area contributed by atoms with Crippen molar-refractivity contribution in [1.82, 2.24) is 5.32 Å². The van der Waals surface area contributed by atoms with E-state index in [2.05, 4.69) is 5.32 Å². The van der Waals surface area contributed by atoms with Gasteiger partial charge >= 0.3 is 6.03 Å². The molecular weight excluding hydrogens is 398 g/mol. The summed E-state index contributed by atoms with van der Waals surface area (Å²) in [5.74, 6) is -1.12. The van der Waals surface area contributed by atoms with Gasteiger partial charge in [0, 0.05) is 6.07 Å². The van der Waals surface area contributed by atoms with E-state index in [4.69, 9.17) is 14.2 Å². The highest BCUT2D eigenvalue weighted by molar-refractivity contribution is 6.39. The molecule has 2 aliphatic rings. The number of anilines is 1. The summed E-state index contributed by atoms with van der Waals surface area (Å²) in [6.07, 6.45) is 1.04. The highest BCUT2D eigenvalue weighted by Gasteiger charge is 2.37. The molecule has 1 N–H and O–H groups in total. The molecule has 2 aliphatic heterocycles. The predicted molar refractivity (Wildman–Crippen MR) is 101 cm³/mol. The molecule has 11 nitrogen and oxygen atoms in total. The molecule has 0 unspecified atom stereocenters. The molecule has 2 heterocycles. The Kier molecular flexibility index (Phi) is 4.54. The van der Waals surface area contributed by atoms with E-state index in [1.54, 1.807) is 12.1 Å².